The SMILES string of the molecule is CC#Cc1ccc(N2C(=O)C(C)(C)N(c3cc(F)c4nc(CC)nc(OCC(=O)O)c4c3)C2=S)cc1C(C)(F)F. The molecule has 1 aliphatic heterocycles. The lowest BCUT2D eigenvalue weighted by Crippen LogP contribution is -2.44. The van der Waals surface area contributed by atoms with Gasteiger partial charge in [0.25, 0.3) is 11.8 Å². The second kappa shape index (κ2) is 10.4. The zero-order valence-electron chi connectivity index (χ0n) is 22.3. The number of halogens is 3. The number of aromatic nitrogens is 2. The van der Waals surface area contributed by atoms with E-state index in [1.165, 1.54) is 36.1 Å². The van der Waals surface area contributed by atoms with Crippen LogP contribution >= 0.6 is 12.2 Å². The maximum absolute atomic E-state index is 15.5. The van der Waals surface area contributed by atoms with Gasteiger partial charge in [0, 0.05) is 30.2 Å². The highest BCUT2D eigenvalue weighted by Crippen LogP contribution is 2.41. The summed E-state index contributed by atoms with van der Waals surface area (Å²) in [7, 11) is 0. The molecule has 0 aliphatic carbocycles. The number of thiocarbonyl (C=S) groups is 1. The monoisotopic (exact) mass is 570 g/mol. The van der Waals surface area contributed by atoms with E-state index in [0.717, 1.165) is 17.9 Å². The van der Waals surface area contributed by atoms with Crippen LogP contribution in [0.5, 0.6) is 5.88 Å². The molecule has 1 aliphatic rings. The average Bonchev–Trinajstić information content (AvgIpc) is 3.05. The van der Waals surface area contributed by atoms with Crippen molar-refractivity contribution in [3.63, 3.8) is 0 Å². The minimum atomic E-state index is -3.25. The van der Waals surface area contributed by atoms with Crippen molar-refractivity contribution in [3.05, 3.63) is 53.1 Å². The molecule has 0 atom stereocenters. The fourth-order valence-electron chi connectivity index (χ4n) is 4.45. The summed E-state index contributed by atoms with van der Waals surface area (Å²) in [5.74, 6) is -0.444. The number of benzene rings is 2. The van der Waals surface area contributed by atoms with Crippen molar-refractivity contribution >= 4 is 51.5 Å². The van der Waals surface area contributed by atoms with E-state index in [2.05, 4.69) is 21.8 Å². The smallest absolute Gasteiger partial charge is 0.341 e. The largest absolute Gasteiger partial charge is 0.479 e. The second-order valence-corrected chi connectivity index (χ2v) is 9.98. The minimum absolute atomic E-state index is 0.0763. The van der Waals surface area contributed by atoms with Crippen LogP contribution in [0.3, 0.4) is 0 Å². The highest BCUT2D eigenvalue weighted by Gasteiger charge is 2.50. The average molecular weight is 571 g/mol. The summed E-state index contributed by atoms with van der Waals surface area (Å²) in [6.45, 7) is 6.43. The van der Waals surface area contributed by atoms with Gasteiger partial charge in [-0.3, -0.25) is 9.69 Å². The molecule has 1 aromatic heterocycles. The van der Waals surface area contributed by atoms with E-state index >= 15 is 4.39 Å². The van der Waals surface area contributed by atoms with Gasteiger partial charge in [-0.25, -0.2) is 22.9 Å². The molecule has 8 nitrogen and oxygen atoms in total. The Hall–Kier alpha value is -4.24. The Labute approximate surface area is 233 Å². The molecular formula is C28H25F3N4O4S. The molecule has 0 bridgehead atoms. The number of carboxylic acid groups (broad SMARTS) is 1. The maximum Gasteiger partial charge on any atom is 0.341 e. The molecule has 40 heavy (non-hydrogen) atoms. The maximum atomic E-state index is 15.5. The van der Waals surface area contributed by atoms with Gasteiger partial charge >= 0.3 is 5.97 Å². The van der Waals surface area contributed by atoms with Crippen molar-refractivity contribution in [2.24, 2.45) is 0 Å². The number of amides is 1. The molecule has 3 aromatic rings. The fourth-order valence-corrected chi connectivity index (χ4v) is 4.98. The van der Waals surface area contributed by atoms with Gasteiger partial charge in [-0.1, -0.05) is 12.8 Å². The Morgan fingerprint density at radius 2 is 1.90 bits per heavy atom. The van der Waals surface area contributed by atoms with Gasteiger partial charge in [-0.15, -0.1) is 5.92 Å². The number of carbonyl (C=O) groups excluding carboxylic acids is 1. The summed E-state index contributed by atoms with van der Waals surface area (Å²) >= 11 is 5.65. The predicted molar refractivity (Wildman–Crippen MR) is 147 cm³/mol. The third-order valence-corrected chi connectivity index (χ3v) is 6.68. The molecule has 12 heteroatoms. The molecule has 1 fully saturated rings. The summed E-state index contributed by atoms with van der Waals surface area (Å²) < 4.78 is 49.7. The lowest BCUT2D eigenvalue weighted by Gasteiger charge is -2.29. The van der Waals surface area contributed by atoms with E-state index in [4.69, 9.17) is 22.1 Å². The van der Waals surface area contributed by atoms with Crippen molar-refractivity contribution in [1.82, 2.24) is 9.97 Å². The summed E-state index contributed by atoms with van der Waals surface area (Å²) in [5, 5.41) is 9.08. The predicted octanol–water partition coefficient (Wildman–Crippen LogP) is 5.19. The number of anilines is 2. The molecule has 208 valence electrons. The van der Waals surface area contributed by atoms with Crippen LogP contribution in [-0.2, 0) is 21.9 Å². The topological polar surface area (TPSA) is 95.9 Å². The third-order valence-electron chi connectivity index (χ3n) is 6.32. The van der Waals surface area contributed by atoms with E-state index in [1.807, 2.05) is 0 Å². The zero-order chi connectivity index (χ0) is 29.6. The number of hydrogen-bond acceptors (Lipinski definition) is 6. The number of hydrogen-bond donors (Lipinski definition) is 1. The van der Waals surface area contributed by atoms with Crippen LogP contribution in [0.2, 0.25) is 0 Å². The number of rotatable bonds is 7. The number of aliphatic carboxylic acids is 1. The standard InChI is InChI=1S/C28H25F3N4O4S/c1-6-8-15-9-10-16(12-19(15)28(5,30)31)34-25(38)27(3,4)35(26(34)40)17-11-18-23(20(29)13-17)32-21(7-2)33-24(18)39-14-22(36)37/h9-13H,7,14H2,1-5H3,(H,36,37). The van der Waals surface area contributed by atoms with Crippen molar-refractivity contribution in [2.45, 2.75) is 52.5 Å². The van der Waals surface area contributed by atoms with Gasteiger partial charge in [-0.2, -0.15) is 4.98 Å². The molecule has 1 amide bonds. The Balaban J connectivity index is 1.86. The molecule has 1 N–H and O–H groups in total. The van der Waals surface area contributed by atoms with Gasteiger partial charge in [0.2, 0.25) is 5.88 Å². The van der Waals surface area contributed by atoms with Gasteiger partial charge < -0.3 is 14.7 Å². The number of carbonyl (C=O) groups is 2. The van der Waals surface area contributed by atoms with Crippen LogP contribution in [0.1, 0.15) is 51.6 Å². The highest BCUT2D eigenvalue weighted by atomic mass is 32.1. The van der Waals surface area contributed by atoms with E-state index in [9.17, 15) is 18.4 Å². The first kappa shape index (κ1) is 28.8. The Kier molecular flexibility index (Phi) is 7.47. The third kappa shape index (κ3) is 5.04. The summed E-state index contributed by atoms with van der Waals surface area (Å²) in [4.78, 5) is 35.7. The van der Waals surface area contributed by atoms with Crippen LogP contribution in [0.4, 0.5) is 24.5 Å². The lowest BCUT2D eigenvalue weighted by molar-refractivity contribution is -0.139. The summed E-state index contributed by atoms with van der Waals surface area (Å²) in [6, 6.07) is 6.63. The Bertz CT molecular complexity index is 1630. The molecule has 1 saturated heterocycles. The van der Waals surface area contributed by atoms with Crippen LogP contribution in [0.15, 0.2) is 30.3 Å². The van der Waals surface area contributed by atoms with Gasteiger partial charge in [-0.05, 0) is 63.3 Å². The van der Waals surface area contributed by atoms with Gasteiger partial charge in [0.15, 0.2) is 17.5 Å². The molecule has 0 unspecified atom stereocenters. The molecule has 0 saturated carbocycles. The number of ether oxygens (including phenoxy) is 1. The number of nitrogens with zero attached hydrogens (tertiary/aromatic N) is 4. The van der Waals surface area contributed by atoms with Gasteiger partial charge in [0.1, 0.15) is 16.9 Å². The van der Waals surface area contributed by atoms with Crippen molar-refractivity contribution in [2.75, 3.05) is 16.4 Å². The zero-order valence-corrected chi connectivity index (χ0v) is 23.1. The number of carboxylic acids is 1. The first-order valence-electron chi connectivity index (χ1n) is 12.2. The fraction of sp³-hybridized carbons (Fsp3) is 0.321. The number of fused-ring (bicyclic) bond motifs is 1. The number of aryl methyl sites for hydroxylation is 1. The van der Waals surface area contributed by atoms with Crippen LogP contribution in [0.25, 0.3) is 10.9 Å². The van der Waals surface area contributed by atoms with Crippen molar-refractivity contribution in [1.29, 1.82) is 0 Å². The molecule has 0 spiro atoms. The Morgan fingerprint density at radius 3 is 2.50 bits per heavy atom. The first-order chi connectivity index (χ1) is 18.7. The van der Waals surface area contributed by atoms with E-state index < -0.39 is 35.8 Å². The van der Waals surface area contributed by atoms with Crippen molar-refractivity contribution < 1.29 is 32.6 Å². The van der Waals surface area contributed by atoms with Crippen LogP contribution in [0, 0.1) is 17.7 Å². The highest BCUT2D eigenvalue weighted by molar-refractivity contribution is 7.81. The number of alkyl halides is 2. The lowest BCUT2D eigenvalue weighted by atomic mass is 10.00. The van der Waals surface area contributed by atoms with E-state index in [-0.39, 0.29) is 50.2 Å². The van der Waals surface area contributed by atoms with E-state index in [1.54, 1.807) is 20.8 Å². The van der Waals surface area contributed by atoms with Crippen molar-refractivity contribution in [3.8, 4) is 17.7 Å². The Morgan fingerprint density at radius 1 is 1.20 bits per heavy atom. The molecular weight excluding hydrogens is 545 g/mol. The van der Waals surface area contributed by atoms with Crippen LogP contribution < -0.4 is 14.5 Å². The summed E-state index contributed by atoms with van der Waals surface area (Å²) in [6.07, 6.45) is 0.342. The molecule has 2 aromatic carbocycles. The quantitative estimate of drug-likeness (QED) is 0.306. The molecule has 4 rings (SSSR count). The molecule has 0 radical (unpaired) electrons. The second-order valence-electron chi connectivity index (χ2n) is 9.62. The minimum Gasteiger partial charge on any atom is -0.479 e. The van der Waals surface area contributed by atoms with Gasteiger partial charge in [0.05, 0.1) is 11.1 Å². The summed E-state index contributed by atoms with van der Waals surface area (Å²) in [5.41, 5.74) is -1.47. The molecule has 2 heterocycles. The van der Waals surface area contributed by atoms with Crippen LogP contribution in [-0.4, -0.2) is 44.2 Å². The van der Waals surface area contributed by atoms with E-state index in [0.29, 0.717) is 6.42 Å². The first-order valence-corrected chi connectivity index (χ1v) is 12.6. The normalized spacial score (nSPS) is 14.9.